The Hall–Kier alpha value is -3.51. The van der Waals surface area contributed by atoms with Gasteiger partial charge in [0.15, 0.2) is 0 Å². The molecule has 0 heterocycles. The summed E-state index contributed by atoms with van der Waals surface area (Å²) in [5.74, 6) is 0.319. The van der Waals surface area contributed by atoms with Gasteiger partial charge in [-0.3, -0.25) is 9.59 Å². The van der Waals surface area contributed by atoms with Crippen LogP contribution >= 0.6 is 11.6 Å². The number of ether oxygens (including phenoxy) is 1. The zero-order chi connectivity index (χ0) is 21.3. The SMILES string of the molecule is CCOc1ccc(NC(=O)c2ccc(NC(=O)CNc3ccc(Cl)cc3)cc2)cc1. The molecule has 0 fully saturated rings. The minimum absolute atomic E-state index is 0.113. The Labute approximate surface area is 180 Å². The third-order valence-corrected chi connectivity index (χ3v) is 4.40. The molecule has 0 radical (unpaired) electrons. The van der Waals surface area contributed by atoms with Crippen molar-refractivity contribution >= 4 is 40.5 Å². The number of rotatable bonds is 8. The van der Waals surface area contributed by atoms with Crippen LogP contribution in [0.25, 0.3) is 0 Å². The van der Waals surface area contributed by atoms with Crippen molar-refractivity contribution in [3.63, 3.8) is 0 Å². The van der Waals surface area contributed by atoms with Crippen LogP contribution in [-0.2, 0) is 4.79 Å². The molecular formula is C23H22ClN3O3. The van der Waals surface area contributed by atoms with Crippen molar-refractivity contribution in [3.05, 3.63) is 83.4 Å². The molecule has 0 aromatic heterocycles. The van der Waals surface area contributed by atoms with Gasteiger partial charge in [-0.05, 0) is 79.7 Å². The van der Waals surface area contributed by atoms with E-state index in [1.165, 1.54) is 0 Å². The van der Waals surface area contributed by atoms with E-state index in [0.717, 1.165) is 11.4 Å². The molecule has 2 amide bonds. The average Bonchev–Trinajstić information content (AvgIpc) is 2.75. The highest BCUT2D eigenvalue weighted by molar-refractivity contribution is 6.30. The predicted octanol–water partition coefficient (Wildman–Crippen LogP) is 5.04. The Morgan fingerprint density at radius 1 is 0.800 bits per heavy atom. The second-order valence-electron chi connectivity index (χ2n) is 6.40. The number of benzene rings is 3. The van der Waals surface area contributed by atoms with Gasteiger partial charge >= 0.3 is 0 Å². The maximum absolute atomic E-state index is 12.4. The summed E-state index contributed by atoms with van der Waals surface area (Å²) in [6.07, 6.45) is 0. The first-order chi connectivity index (χ1) is 14.5. The normalized spacial score (nSPS) is 10.2. The minimum Gasteiger partial charge on any atom is -0.494 e. The van der Waals surface area contributed by atoms with E-state index < -0.39 is 0 Å². The Kier molecular flexibility index (Phi) is 7.29. The molecule has 0 bridgehead atoms. The topological polar surface area (TPSA) is 79.5 Å². The van der Waals surface area contributed by atoms with Crippen LogP contribution < -0.4 is 20.7 Å². The molecule has 3 N–H and O–H groups in total. The highest BCUT2D eigenvalue weighted by Gasteiger charge is 2.08. The molecule has 154 valence electrons. The Morgan fingerprint density at radius 2 is 1.37 bits per heavy atom. The number of halogens is 1. The van der Waals surface area contributed by atoms with Crippen LogP contribution in [0.3, 0.4) is 0 Å². The van der Waals surface area contributed by atoms with Gasteiger partial charge in [0.05, 0.1) is 13.2 Å². The molecule has 0 saturated heterocycles. The van der Waals surface area contributed by atoms with E-state index in [1.54, 1.807) is 72.8 Å². The van der Waals surface area contributed by atoms with Crippen LogP contribution in [0.4, 0.5) is 17.1 Å². The molecule has 3 aromatic rings. The van der Waals surface area contributed by atoms with Crippen LogP contribution in [0.15, 0.2) is 72.8 Å². The summed E-state index contributed by atoms with van der Waals surface area (Å²) in [5, 5.41) is 9.27. The fraction of sp³-hybridized carbons (Fsp3) is 0.130. The standard InChI is InChI=1S/C23H22ClN3O3/c1-2-30-21-13-11-20(12-14-21)27-23(29)16-3-7-19(8-4-16)26-22(28)15-25-18-9-5-17(24)6-10-18/h3-14,25H,2,15H2,1H3,(H,26,28)(H,27,29). The van der Waals surface area contributed by atoms with E-state index in [-0.39, 0.29) is 18.4 Å². The Bertz CT molecular complexity index is 988. The van der Waals surface area contributed by atoms with E-state index in [2.05, 4.69) is 16.0 Å². The van der Waals surface area contributed by atoms with Crippen LogP contribution in [0.5, 0.6) is 5.75 Å². The number of anilines is 3. The smallest absolute Gasteiger partial charge is 0.255 e. The Morgan fingerprint density at radius 3 is 2.00 bits per heavy atom. The molecule has 6 nitrogen and oxygen atoms in total. The third kappa shape index (κ3) is 6.25. The maximum Gasteiger partial charge on any atom is 0.255 e. The van der Waals surface area contributed by atoms with Crippen molar-refractivity contribution in [1.29, 1.82) is 0 Å². The number of hydrogen-bond donors (Lipinski definition) is 3. The molecule has 0 saturated carbocycles. The second-order valence-corrected chi connectivity index (χ2v) is 6.83. The van der Waals surface area contributed by atoms with Gasteiger partial charge in [-0.2, -0.15) is 0 Å². The monoisotopic (exact) mass is 423 g/mol. The van der Waals surface area contributed by atoms with Gasteiger partial charge in [-0.25, -0.2) is 0 Å². The summed E-state index contributed by atoms with van der Waals surface area (Å²) in [4.78, 5) is 24.5. The zero-order valence-corrected chi connectivity index (χ0v) is 17.2. The molecule has 0 atom stereocenters. The number of hydrogen-bond acceptors (Lipinski definition) is 4. The predicted molar refractivity (Wildman–Crippen MR) is 121 cm³/mol. The van der Waals surface area contributed by atoms with Crippen molar-refractivity contribution in [2.75, 3.05) is 29.1 Å². The first kappa shape index (κ1) is 21.2. The molecule has 30 heavy (non-hydrogen) atoms. The molecule has 3 aromatic carbocycles. The zero-order valence-electron chi connectivity index (χ0n) is 16.4. The van der Waals surface area contributed by atoms with Crippen LogP contribution in [0.2, 0.25) is 5.02 Å². The van der Waals surface area contributed by atoms with E-state index in [4.69, 9.17) is 16.3 Å². The summed E-state index contributed by atoms with van der Waals surface area (Å²) in [5.41, 5.74) is 2.57. The average molecular weight is 424 g/mol. The molecule has 7 heteroatoms. The van der Waals surface area contributed by atoms with Crippen molar-refractivity contribution in [3.8, 4) is 5.75 Å². The minimum atomic E-state index is -0.235. The summed E-state index contributed by atoms with van der Waals surface area (Å²) >= 11 is 5.84. The van der Waals surface area contributed by atoms with Gasteiger partial charge in [0.2, 0.25) is 5.91 Å². The van der Waals surface area contributed by atoms with E-state index in [0.29, 0.717) is 28.6 Å². The number of carbonyl (C=O) groups is 2. The van der Waals surface area contributed by atoms with E-state index in [1.807, 2.05) is 6.92 Å². The van der Waals surface area contributed by atoms with E-state index >= 15 is 0 Å². The largest absolute Gasteiger partial charge is 0.494 e. The molecule has 0 aliphatic carbocycles. The quantitative estimate of drug-likeness (QED) is 0.474. The summed E-state index contributed by atoms with van der Waals surface area (Å²) < 4.78 is 5.39. The van der Waals surface area contributed by atoms with Gasteiger partial charge < -0.3 is 20.7 Å². The third-order valence-electron chi connectivity index (χ3n) is 4.15. The molecule has 0 unspecified atom stereocenters. The molecule has 3 rings (SSSR count). The summed E-state index contributed by atoms with van der Waals surface area (Å²) in [6, 6.07) is 21.0. The van der Waals surface area contributed by atoms with Gasteiger partial charge in [-0.1, -0.05) is 11.6 Å². The van der Waals surface area contributed by atoms with Crippen LogP contribution in [0.1, 0.15) is 17.3 Å². The first-order valence-corrected chi connectivity index (χ1v) is 9.85. The highest BCUT2D eigenvalue weighted by Crippen LogP contribution is 2.17. The van der Waals surface area contributed by atoms with Crippen LogP contribution in [0, 0.1) is 0 Å². The molecule has 0 spiro atoms. The Balaban J connectivity index is 1.50. The first-order valence-electron chi connectivity index (χ1n) is 9.47. The van der Waals surface area contributed by atoms with Gasteiger partial charge in [0.1, 0.15) is 5.75 Å². The van der Waals surface area contributed by atoms with Gasteiger partial charge in [0.25, 0.3) is 5.91 Å². The highest BCUT2D eigenvalue weighted by atomic mass is 35.5. The van der Waals surface area contributed by atoms with Crippen molar-refractivity contribution in [1.82, 2.24) is 0 Å². The van der Waals surface area contributed by atoms with Gasteiger partial charge in [0, 0.05) is 27.6 Å². The molecule has 0 aliphatic heterocycles. The fourth-order valence-electron chi connectivity index (χ4n) is 2.66. The lowest BCUT2D eigenvalue weighted by molar-refractivity contribution is -0.114. The second kappa shape index (κ2) is 10.3. The fourth-order valence-corrected chi connectivity index (χ4v) is 2.79. The molecular weight excluding hydrogens is 402 g/mol. The van der Waals surface area contributed by atoms with Crippen molar-refractivity contribution in [2.24, 2.45) is 0 Å². The van der Waals surface area contributed by atoms with E-state index in [9.17, 15) is 9.59 Å². The van der Waals surface area contributed by atoms with Crippen LogP contribution in [-0.4, -0.2) is 25.0 Å². The van der Waals surface area contributed by atoms with Crippen molar-refractivity contribution in [2.45, 2.75) is 6.92 Å². The summed E-state index contributed by atoms with van der Waals surface area (Å²) in [6.45, 7) is 2.62. The number of nitrogens with one attached hydrogen (secondary N) is 3. The maximum atomic E-state index is 12.4. The number of amides is 2. The molecule has 0 aliphatic rings. The van der Waals surface area contributed by atoms with Gasteiger partial charge in [-0.15, -0.1) is 0 Å². The van der Waals surface area contributed by atoms with Crippen molar-refractivity contribution < 1.29 is 14.3 Å². The lowest BCUT2D eigenvalue weighted by Gasteiger charge is -2.09. The summed E-state index contributed by atoms with van der Waals surface area (Å²) in [7, 11) is 0. The lowest BCUT2D eigenvalue weighted by atomic mass is 10.2. The lowest BCUT2D eigenvalue weighted by Crippen LogP contribution is -2.21. The number of carbonyl (C=O) groups excluding carboxylic acids is 2.